The summed E-state index contributed by atoms with van der Waals surface area (Å²) in [5.74, 6) is -1.82. The molecule has 1 N–H and O–H groups in total. The van der Waals surface area contributed by atoms with Crippen LogP contribution in [0.25, 0.3) is 0 Å². The van der Waals surface area contributed by atoms with Crippen LogP contribution in [0.1, 0.15) is 11.1 Å². The summed E-state index contributed by atoms with van der Waals surface area (Å²) in [7, 11) is 0. The molecule has 1 saturated heterocycles. The van der Waals surface area contributed by atoms with E-state index in [1.54, 1.807) is 24.3 Å². The molecule has 0 aromatic heterocycles. The highest BCUT2D eigenvalue weighted by Crippen LogP contribution is 2.42. The molecule has 1 aliphatic heterocycles. The Balaban J connectivity index is 1.71. The lowest BCUT2D eigenvalue weighted by atomic mass is 10.1. The molecule has 170 valence electrons. The van der Waals surface area contributed by atoms with Gasteiger partial charge in [0.05, 0.1) is 5.25 Å². The lowest BCUT2D eigenvalue weighted by Crippen LogP contribution is -2.30. The molecular weight excluding hydrogens is 456 g/mol. The summed E-state index contributed by atoms with van der Waals surface area (Å²) in [5, 5.41) is 12.0. The number of carbonyl (C=O) groups excluding carboxylic acids is 2. The summed E-state index contributed by atoms with van der Waals surface area (Å²) in [6.45, 7) is 1.91. The van der Waals surface area contributed by atoms with Crippen molar-refractivity contribution in [3.05, 3.63) is 106 Å². The Morgan fingerprint density at radius 3 is 2.18 bits per heavy atom. The molecule has 3 aromatic carbocycles. The maximum atomic E-state index is 13.4. The summed E-state index contributed by atoms with van der Waals surface area (Å²) >= 11 is 1.12. The highest BCUT2D eigenvalue weighted by molar-refractivity contribution is 8.05. The van der Waals surface area contributed by atoms with Crippen LogP contribution >= 0.6 is 11.8 Å². The van der Waals surface area contributed by atoms with E-state index in [1.807, 2.05) is 25.1 Å². The minimum Gasteiger partial charge on any atom is -0.321 e. The highest BCUT2D eigenvalue weighted by atomic mass is 32.2. The predicted molar refractivity (Wildman–Crippen MR) is 128 cm³/mol. The number of hydrogen-bond donors (Lipinski definition) is 1. The molecule has 0 bridgehead atoms. The molecule has 1 atom stereocenters. The molecule has 2 amide bonds. The predicted octanol–water partition coefficient (Wildman–Crippen LogP) is 5.34. The first-order chi connectivity index (χ1) is 16.4. The summed E-state index contributed by atoms with van der Waals surface area (Å²) < 4.78 is 26.5. The van der Waals surface area contributed by atoms with Crippen molar-refractivity contribution in [1.82, 2.24) is 0 Å². The summed E-state index contributed by atoms with van der Waals surface area (Å²) in [4.78, 5) is 27.8. The van der Waals surface area contributed by atoms with Gasteiger partial charge < -0.3 is 5.32 Å². The van der Waals surface area contributed by atoms with E-state index in [4.69, 9.17) is 0 Å². The van der Waals surface area contributed by atoms with Crippen molar-refractivity contribution >= 4 is 35.0 Å². The van der Waals surface area contributed by atoms with Gasteiger partial charge >= 0.3 is 0 Å². The zero-order valence-electron chi connectivity index (χ0n) is 18.1. The van der Waals surface area contributed by atoms with Crippen LogP contribution in [0, 0.1) is 29.9 Å². The van der Waals surface area contributed by atoms with E-state index in [0.717, 1.165) is 22.9 Å². The maximum Gasteiger partial charge on any atom is 0.269 e. The number of nitrogens with one attached hydrogen (secondary N) is 1. The van der Waals surface area contributed by atoms with Crippen molar-refractivity contribution in [3.8, 4) is 6.07 Å². The number of carbonyl (C=O) groups is 2. The number of rotatable bonds is 5. The molecule has 1 heterocycles. The second-order valence-electron chi connectivity index (χ2n) is 7.70. The van der Waals surface area contributed by atoms with E-state index < -0.39 is 17.0 Å². The number of amides is 2. The zero-order valence-corrected chi connectivity index (χ0v) is 18.9. The van der Waals surface area contributed by atoms with Crippen molar-refractivity contribution in [1.29, 1.82) is 5.26 Å². The number of anilines is 2. The van der Waals surface area contributed by atoms with Gasteiger partial charge in [0, 0.05) is 11.4 Å². The molecule has 0 unspecified atom stereocenters. The minimum atomic E-state index is -0.705. The van der Waals surface area contributed by atoms with Gasteiger partial charge in [-0.3, -0.25) is 14.5 Å². The number of nitriles is 1. The summed E-state index contributed by atoms with van der Waals surface area (Å²) in [6.07, 6.45) is 0.300. The van der Waals surface area contributed by atoms with Gasteiger partial charge in [-0.05, 0) is 67.4 Å². The first-order valence-electron chi connectivity index (χ1n) is 10.4. The van der Waals surface area contributed by atoms with Crippen LogP contribution in [0.4, 0.5) is 20.2 Å². The van der Waals surface area contributed by atoms with E-state index in [9.17, 15) is 23.6 Å². The fraction of sp³-hybridized carbons (Fsp3) is 0.115. The molecule has 4 rings (SSSR count). The van der Waals surface area contributed by atoms with E-state index in [2.05, 4.69) is 5.32 Å². The second kappa shape index (κ2) is 9.89. The zero-order chi connectivity index (χ0) is 24.2. The number of nitrogens with zero attached hydrogens (tertiary/aromatic N) is 2. The third-order valence-electron chi connectivity index (χ3n) is 5.23. The van der Waals surface area contributed by atoms with Crippen LogP contribution in [-0.2, 0) is 16.0 Å². The van der Waals surface area contributed by atoms with E-state index in [1.165, 1.54) is 41.3 Å². The van der Waals surface area contributed by atoms with E-state index in [-0.39, 0.29) is 22.3 Å². The molecular formula is C26H19F2N3O2S. The molecule has 3 aromatic rings. The van der Waals surface area contributed by atoms with Gasteiger partial charge in [0.25, 0.3) is 5.91 Å². The van der Waals surface area contributed by atoms with Gasteiger partial charge in [-0.25, -0.2) is 8.78 Å². The van der Waals surface area contributed by atoms with Crippen LogP contribution in [0.15, 0.2) is 83.4 Å². The quantitative estimate of drug-likeness (QED) is 0.400. The topological polar surface area (TPSA) is 73.2 Å². The molecule has 0 radical (unpaired) electrons. The second-order valence-corrected chi connectivity index (χ2v) is 8.89. The third-order valence-corrected chi connectivity index (χ3v) is 6.50. The Bertz CT molecular complexity index is 1300. The standard InChI is InChI=1S/C26H19F2N3O2S/c1-16-2-12-21(13-3-16)31-25(33)23(14-17-4-6-18(27)7-5-17)34-26(31)22(15-29)24(32)30-20-10-8-19(28)9-11-20/h2-13,23H,14H2,1H3,(H,30,32)/b26-22-/t23-/m0/s1. The molecule has 1 aliphatic rings. The van der Waals surface area contributed by atoms with Gasteiger partial charge in [0.15, 0.2) is 0 Å². The Hall–Kier alpha value is -3.96. The van der Waals surface area contributed by atoms with Crippen LogP contribution in [0.5, 0.6) is 0 Å². The Morgan fingerprint density at radius 2 is 1.59 bits per heavy atom. The normalized spacial score (nSPS) is 16.8. The third kappa shape index (κ3) is 5.00. The summed E-state index contributed by atoms with van der Waals surface area (Å²) in [6, 6.07) is 20.1. The molecule has 0 aliphatic carbocycles. The summed E-state index contributed by atoms with van der Waals surface area (Å²) in [5.41, 5.74) is 2.36. The van der Waals surface area contributed by atoms with Gasteiger partial charge in [-0.15, -0.1) is 0 Å². The smallest absolute Gasteiger partial charge is 0.269 e. The van der Waals surface area contributed by atoms with Crippen LogP contribution in [0.2, 0.25) is 0 Å². The Morgan fingerprint density at radius 1 is 1.00 bits per heavy atom. The molecule has 0 spiro atoms. The van der Waals surface area contributed by atoms with Gasteiger partial charge in [0.1, 0.15) is 28.3 Å². The largest absolute Gasteiger partial charge is 0.321 e. The van der Waals surface area contributed by atoms with Crippen molar-refractivity contribution in [2.24, 2.45) is 0 Å². The van der Waals surface area contributed by atoms with Crippen molar-refractivity contribution in [2.75, 3.05) is 10.2 Å². The molecule has 34 heavy (non-hydrogen) atoms. The van der Waals surface area contributed by atoms with Crippen LogP contribution < -0.4 is 10.2 Å². The average Bonchev–Trinajstić information content (AvgIpc) is 3.13. The highest BCUT2D eigenvalue weighted by Gasteiger charge is 2.40. The number of aryl methyl sites for hydroxylation is 1. The van der Waals surface area contributed by atoms with Gasteiger partial charge in [-0.1, -0.05) is 41.6 Å². The van der Waals surface area contributed by atoms with E-state index in [0.29, 0.717) is 17.8 Å². The SMILES string of the molecule is Cc1ccc(N2C(=O)[C@H](Cc3ccc(F)cc3)S/C2=C(/C#N)C(=O)Nc2ccc(F)cc2)cc1. The monoisotopic (exact) mass is 475 g/mol. The average molecular weight is 476 g/mol. The molecule has 5 nitrogen and oxygen atoms in total. The minimum absolute atomic E-state index is 0.211. The maximum absolute atomic E-state index is 13.4. The van der Waals surface area contributed by atoms with Crippen molar-refractivity contribution < 1.29 is 18.4 Å². The lowest BCUT2D eigenvalue weighted by molar-refractivity contribution is -0.117. The van der Waals surface area contributed by atoms with Crippen LogP contribution in [0.3, 0.4) is 0 Å². The molecule has 8 heteroatoms. The van der Waals surface area contributed by atoms with Crippen molar-refractivity contribution in [2.45, 2.75) is 18.6 Å². The first kappa shape index (κ1) is 23.2. The first-order valence-corrected chi connectivity index (χ1v) is 11.3. The lowest BCUT2D eigenvalue weighted by Gasteiger charge is -2.19. The van der Waals surface area contributed by atoms with Crippen LogP contribution in [-0.4, -0.2) is 17.1 Å². The number of hydrogen-bond acceptors (Lipinski definition) is 4. The number of halogens is 2. The molecule has 0 saturated carbocycles. The van der Waals surface area contributed by atoms with Gasteiger partial charge in [0.2, 0.25) is 5.91 Å². The van der Waals surface area contributed by atoms with E-state index >= 15 is 0 Å². The van der Waals surface area contributed by atoms with Gasteiger partial charge in [-0.2, -0.15) is 5.26 Å². The van der Waals surface area contributed by atoms with Crippen molar-refractivity contribution in [3.63, 3.8) is 0 Å². The fourth-order valence-electron chi connectivity index (χ4n) is 3.48. The number of benzene rings is 3. The number of thioether (sulfide) groups is 1. The Labute approximate surface area is 199 Å². The Kier molecular flexibility index (Phi) is 6.75. The fourth-order valence-corrected chi connectivity index (χ4v) is 4.79. The molecule has 1 fully saturated rings.